The highest BCUT2D eigenvalue weighted by Gasteiger charge is 2.19. The van der Waals surface area contributed by atoms with E-state index in [0.29, 0.717) is 16.3 Å². The van der Waals surface area contributed by atoms with Crippen LogP contribution in [0.2, 0.25) is 5.02 Å². The lowest BCUT2D eigenvalue weighted by molar-refractivity contribution is 0.617. The Morgan fingerprint density at radius 1 is 1.14 bits per heavy atom. The van der Waals surface area contributed by atoms with E-state index in [4.69, 9.17) is 11.6 Å². The molecule has 1 saturated carbocycles. The van der Waals surface area contributed by atoms with Crippen LogP contribution in [0, 0.1) is 5.82 Å². The number of hydrogen-bond donors (Lipinski definition) is 1. The Morgan fingerprint density at radius 3 is 2.57 bits per heavy atom. The first-order valence-electron chi connectivity index (χ1n) is 7.10. The average molecular weight is 322 g/mol. The molecule has 3 rings (SSSR count). The Morgan fingerprint density at radius 2 is 1.90 bits per heavy atom. The van der Waals surface area contributed by atoms with Gasteiger partial charge in [-0.2, -0.15) is 0 Å². The van der Waals surface area contributed by atoms with Crippen molar-refractivity contribution < 1.29 is 4.39 Å². The van der Waals surface area contributed by atoms with Crippen molar-refractivity contribution in [1.82, 2.24) is 5.32 Å². The molecule has 0 heterocycles. The number of hydrogen-bond acceptors (Lipinski definition) is 2. The van der Waals surface area contributed by atoms with E-state index in [1.165, 1.54) is 24.5 Å². The minimum Gasteiger partial charge on any atom is -0.310 e. The van der Waals surface area contributed by atoms with E-state index in [1.807, 2.05) is 0 Å². The predicted molar refractivity (Wildman–Crippen MR) is 87.3 cm³/mol. The monoisotopic (exact) mass is 321 g/mol. The van der Waals surface area contributed by atoms with Crippen molar-refractivity contribution in [1.29, 1.82) is 0 Å². The van der Waals surface area contributed by atoms with E-state index in [9.17, 15) is 4.39 Å². The third-order valence-corrected chi connectivity index (χ3v) is 4.80. The maximum absolute atomic E-state index is 13.7. The van der Waals surface area contributed by atoms with Crippen LogP contribution in [0.4, 0.5) is 4.39 Å². The van der Waals surface area contributed by atoms with Gasteiger partial charge in [-0.1, -0.05) is 29.8 Å². The molecule has 1 N–H and O–H groups in total. The highest BCUT2D eigenvalue weighted by Crippen LogP contribution is 2.26. The number of nitrogens with one attached hydrogen (secondary N) is 1. The molecule has 2 aromatic rings. The van der Waals surface area contributed by atoms with Gasteiger partial charge in [0.1, 0.15) is 5.82 Å². The van der Waals surface area contributed by atoms with Gasteiger partial charge in [0.15, 0.2) is 0 Å². The summed E-state index contributed by atoms with van der Waals surface area (Å²) in [5, 5.41) is 3.93. The first-order chi connectivity index (χ1) is 10.2. The first-order valence-corrected chi connectivity index (χ1v) is 8.46. The zero-order chi connectivity index (χ0) is 14.7. The standard InChI is InChI=1S/C17H17ClFNS/c18-14-4-3-13(17(19)9-14)11-21-16-7-1-12(2-8-16)10-20-15-5-6-15/h1-4,7-9,15,20H,5-6,10-11H2. The van der Waals surface area contributed by atoms with Crippen LogP contribution < -0.4 is 5.32 Å². The summed E-state index contributed by atoms with van der Waals surface area (Å²) in [5.41, 5.74) is 1.98. The molecule has 1 nitrogen and oxygen atoms in total. The molecule has 21 heavy (non-hydrogen) atoms. The Labute approximate surface area is 133 Å². The topological polar surface area (TPSA) is 12.0 Å². The van der Waals surface area contributed by atoms with Gasteiger partial charge in [-0.3, -0.25) is 0 Å². The molecule has 1 aliphatic rings. The fraction of sp³-hybridized carbons (Fsp3) is 0.294. The van der Waals surface area contributed by atoms with Crippen molar-refractivity contribution in [2.45, 2.75) is 36.1 Å². The summed E-state index contributed by atoms with van der Waals surface area (Å²) >= 11 is 7.39. The van der Waals surface area contributed by atoms with Gasteiger partial charge < -0.3 is 5.32 Å². The quantitative estimate of drug-likeness (QED) is 0.749. The molecule has 0 aliphatic heterocycles. The SMILES string of the molecule is Fc1cc(Cl)ccc1CSc1ccc(CNC2CC2)cc1. The number of benzene rings is 2. The summed E-state index contributed by atoms with van der Waals surface area (Å²) < 4.78 is 13.7. The van der Waals surface area contributed by atoms with Crippen molar-refractivity contribution in [3.8, 4) is 0 Å². The number of halogens is 2. The summed E-state index contributed by atoms with van der Waals surface area (Å²) in [4.78, 5) is 1.15. The predicted octanol–water partition coefficient (Wildman–Crippen LogP) is 5.02. The molecule has 110 valence electrons. The van der Waals surface area contributed by atoms with Crippen molar-refractivity contribution in [2.75, 3.05) is 0 Å². The molecule has 2 aromatic carbocycles. The van der Waals surface area contributed by atoms with Gasteiger partial charge in [0.2, 0.25) is 0 Å². The van der Waals surface area contributed by atoms with E-state index < -0.39 is 0 Å². The Hall–Kier alpha value is -1.03. The van der Waals surface area contributed by atoms with Crippen LogP contribution in [0.1, 0.15) is 24.0 Å². The van der Waals surface area contributed by atoms with Crippen LogP contribution in [0.15, 0.2) is 47.4 Å². The molecule has 0 spiro atoms. The second kappa shape index (κ2) is 6.82. The molecule has 0 atom stereocenters. The average Bonchev–Trinajstić information content (AvgIpc) is 3.30. The van der Waals surface area contributed by atoms with Crippen LogP contribution in [0.5, 0.6) is 0 Å². The smallest absolute Gasteiger partial charge is 0.128 e. The van der Waals surface area contributed by atoms with Gasteiger partial charge in [-0.25, -0.2) is 4.39 Å². The highest BCUT2D eigenvalue weighted by atomic mass is 35.5. The zero-order valence-corrected chi connectivity index (χ0v) is 13.2. The third-order valence-electron chi connectivity index (χ3n) is 3.51. The maximum atomic E-state index is 13.7. The first kappa shape index (κ1) is 14.9. The Bertz CT molecular complexity index is 611. The van der Waals surface area contributed by atoms with E-state index in [-0.39, 0.29) is 5.82 Å². The van der Waals surface area contributed by atoms with Crippen LogP contribution in [-0.4, -0.2) is 6.04 Å². The molecule has 4 heteroatoms. The lowest BCUT2D eigenvalue weighted by atomic mass is 10.2. The van der Waals surface area contributed by atoms with Gasteiger partial charge in [-0.15, -0.1) is 11.8 Å². The molecule has 0 saturated heterocycles. The number of rotatable bonds is 6. The summed E-state index contributed by atoms with van der Waals surface area (Å²) in [6, 6.07) is 14.0. The van der Waals surface area contributed by atoms with Crippen LogP contribution in [-0.2, 0) is 12.3 Å². The maximum Gasteiger partial charge on any atom is 0.128 e. The third kappa shape index (κ3) is 4.47. The lowest BCUT2D eigenvalue weighted by Gasteiger charge is -2.06. The molecule has 1 fully saturated rings. The molecule has 0 aromatic heterocycles. The van der Waals surface area contributed by atoms with Gasteiger partial charge in [0.25, 0.3) is 0 Å². The van der Waals surface area contributed by atoms with Crippen LogP contribution >= 0.6 is 23.4 Å². The lowest BCUT2D eigenvalue weighted by Crippen LogP contribution is -2.14. The minimum atomic E-state index is -0.236. The normalized spacial score (nSPS) is 14.4. The van der Waals surface area contributed by atoms with Crippen molar-refractivity contribution >= 4 is 23.4 Å². The van der Waals surface area contributed by atoms with E-state index in [1.54, 1.807) is 23.9 Å². The molecule has 0 amide bonds. The molecule has 0 radical (unpaired) electrons. The minimum absolute atomic E-state index is 0.236. The van der Waals surface area contributed by atoms with E-state index >= 15 is 0 Å². The summed E-state index contributed by atoms with van der Waals surface area (Å²) in [6.07, 6.45) is 2.61. The second-order valence-corrected chi connectivity index (χ2v) is 6.81. The molecular formula is C17H17ClFNS. The molecule has 1 aliphatic carbocycles. The van der Waals surface area contributed by atoms with Crippen molar-refractivity contribution in [2.24, 2.45) is 0 Å². The van der Waals surface area contributed by atoms with Crippen LogP contribution in [0.3, 0.4) is 0 Å². The summed E-state index contributed by atoms with van der Waals surface area (Å²) in [7, 11) is 0. The van der Waals surface area contributed by atoms with E-state index in [0.717, 1.165) is 17.5 Å². The van der Waals surface area contributed by atoms with Gasteiger partial charge >= 0.3 is 0 Å². The number of thioether (sulfide) groups is 1. The van der Waals surface area contributed by atoms with Crippen molar-refractivity contribution in [3.63, 3.8) is 0 Å². The van der Waals surface area contributed by atoms with Gasteiger partial charge in [-0.05, 0) is 48.2 Å². The molecular weight excluding hydrogens is 305 g/mol. The highest BCUT2D eigenvalue weighted by molar-refractivity contribution is 7.98. The summed E-state index contributed by atoms with van der Waals surface area (Å²) in [5.74, 6) is 0.378. The fourth-order valence-electron chi connectivity index (χ4n) is 2.05. The molecule has 0 unspecified atom stereocenters. The van der Waals surface area contributed by atoms with Gasteiger partial charge in [0, 0.05) is 28.3 Å². The fourth-order valence-corrected chi connectivity index (χ4v) is 3.10. The van der Waals surface area contributed by atoms with Crippen molar-refractivity contribution in [3.05, 3.63) is 64.4 Å². The summed E-state index contributed by atoms with van der Waals surface area (Å²) in [6.45, 7) is 0.932. The van der Waals surface area contributed by atoms with Crippen LogP contribution in [0.25, 0.3) is 0 Å². The van der Waals surface area contributed by atoms with Gasteiger partial charge in [0.05, 0.1) is 0 Å². The Kier molecular flexibility index (Phi) is 4.84. The zero-order valence-electron chi connectivity index (χ0n) is 11.6. The molecule has 0 bridgehead atoms. The second-order valence-electron chi connectivity index (χ2n) is 5.32. The van der Waals surface area contributed by atoms with E-state index in [2.05, 4.69) is 29.6 Å². The largest absolute Gasteiger partial charge is 0.310 e. The Balaban J connectivity index is 1.54.